The highest BCUT2D eigenvalue weighted by atomic mass is 32.2. The number of anilines is 1. The number of hydrogen-bond acceptors (Lipinski definition) is 7. The Morgan fingerprint density at radius 3 is 2.91 bits per heavy atom. The summed E-state index contributed by atoms with van der Waals surface area (Å²) in [5.74, 6) is -0.215. The lowest BCUT2D eigenvalue weighted by Crippen LogP contribution is -2.26. The fourth-order valence-electron chi connectivity index (χ4n) is 2.12. The maximum absolute atomic E-state index is 11.9. The molecule has 0 radical (unpaired) electrons. The molecule has 2 aromatic rings. The highest BCUT2D eigenvalue weighted by Gasteiger charge is 2.29. The summed E-state index contributed by atoms with van der Waals surface area (Å²) in [6.07, 6.45) is 1.59. The number of hydrogen-bond donors (Lipinski definition) is 1. The van der Waals surface area contributed by atoms with Crippen LogP contribution in [0.15, 0.2) is 47.4 Å². The molecule has 2 unspecified atom stereocenters. The SMILES string of the molecule is Nc1ccn(C2COC(COC(=O)c3ccccc3)S2)c(=O)n1. The van der Waals surface area contributed by atoms with Crippen molar-refractivity contribution in [3.05, 3.63) is 58.6 Å². The minimum absolute atomic E-state index is 0.117. The smallest absolute Gasteiger partial charge is 0.350 e. The lowest BCUT2D eigenvalue weighted by atomic mass is 10.2. The van der Waals surface area contributed by atoms with Crippen LogP contribution in [0.4, 0.5) is 5.82 Å². The second kappa shape index (κ2) is 6.84. The molecule has 2 N–H and O–H groups in total. The molecule has 0 aliphatic carbocycles. The summed E-state index contributed by atoms with van der Waals surface area (Å²) in [5, 5.41) is -0.212. The van der Waals surface area contributed by atoms with Gasteiger partial charge in [0.05, 0.1) is 12.2 Å². The molecule has 2 heterocycles. The van der Waals surface area contributed by atoms with Crippen molar-refractivity contribution in [2.75, 3.05) is 18.9 Å². The third kappa shape index (κ3) is 3.72. The van der Waals surface area contributed by atoms with Crippen molar-refractivity contribution in [3.8, 4) is 0 Å². The number of nitrogens with zero attached hydrogens (tertiary/aromatic N) is 2. The monoisotopic (exact) mass is 333 g/mol. The zero-order valence-corrected chi connectivity index (χ0v) is 12.9. The third-order valence-electron chi connectivity index (χ3n) is 3.26. The highest BCUT2D eigenvalue weighted by Crippen LogP contribution is 2.34. The van der Waals surface area contributed by atoms with Gasteiger partial charge in [0.25, 0.3) is 0 Å². The van der Waals surface area contributed by atoms with Gasteiger partial charge < -0.3 is 15.2 Å². The van der Waals surface area contributed by atoms with Gasteiger partial charge in [-0.3, -0.25) is 4.57 Å². The van der Waals surface area contributed by atoms with Gasteiger partial charge >= 0.3 is 11.7 Å². The predicted molar refractivity (Wildman–Crippen MR) is 86.0 cm³/mol. The summed E-state index contributed by atoms with van der Waals surface area (Å²) < 4.78 is 12.3. The molecule has 0 spiro atoms. The first-order valence-corrected chi connectivity index (χ1v) is 7.91. The van der Waals surface area contributed by atoms with Crippen LogP contribution in [0.25, 0.3) is 0 Å². The van der Waals surface area contributed by atoms with Gasteiger partial charge in [0.1, 0.15) is 23.2 Å². The molecule has 3 rings (SSSR count). The average molecular weight is 333 g/mol. The Morgan fingerprint density at radius 1 is 1.39 bits per heavy atom. The summed E-state index contributed by atoms with van der Waals surface area (Å²) in [6, 6.07) is 10.3. The van der Waals surface area contributed by atoms with Crippen molar-refractivity contribution in [1.29, 1.82) is 0 Å². The third-order valence-corrected chi connectivity index (χ3v) is 4.51. The number of thioether (sulfide) groups is 1. The van der Waals surface area contributed by atoms with Crippen LogP contribution in [0.2, 0.25) is 0 Å². The minimum Gasteiger partial charge on any atom is -0.458 e. The summed E-state index contributed by atoms with van der Waals surface area (Å²) in [4.78, 5) is 27.4. The molecule has 120 valence electrons. The maximum atomic E-state index is 11.9. The normalized spacial score (nSPS) is 20.3. The number of nitrogens with two attached hydrogens (primary N) is 1. The van der Waals surface area contributed by atoms with E-state index >= 15 is 0 Å². The van der Waals surface area contributed by atoms with Crippen LogP contribution >= 0.6 is 11.8 Å². The zero-order chi connectivity index (χ0) is 16.2. The Morgan fingerprint density at radius 2 is 2.17 bits per heavy atom. The quantitative estimate of drug-likeness (QED) is 0.842. The molecule has 0 amide bonds. The number of esters is 1. The molecule has 1 aromatic carbocycles. The van der Waals surface area contributed by atoms with Crippen LogP contribution in [0.1, 0.15) is 15.7 Å². The minimum atomic E-state index is -0.423. The summed E-state index contributed by atoms with van der Waals surface area (Å²) in [6.45, 7) is 0.454. The number of ether oxygens (including phenoxy) is 2. The Labute approximate surface area is 136 Å². The van der Waals surface area contributed by atoms with Crippen LogP contribution < -0.4 is 11.4 Å². The van der Waals surface area contributed by atoms with Gasteiger partial charge in [-0.25, -0.2) is 9.59 Å². The van der Waals surface area contributed by atoms with E-state index in [-0.39, 0.29) is 23.2 Å². The van der Waals surface area contributed by atoms with Crippen molar-refractivity contribution in [2.45, 2.75) is 10.8 Å². The molecule has 8 heteroatoms. The summed E-state index contributed by atoms with van der Waals surface area (Å²) in [7, 11) is 0. The van der Waals surface area contributed by atoms with E-state index in [4.69, 9.17) is 15.2 Å². The fourth-order valence-corrected chi connectivity index (χ4v) is 3.23. The number of carbonyl (C=O) groups is 1. The standard InChI is InChI=1S/C15H15N3O4S/c16-11-6-7-18(15(20)17-11)12-8-21-13(23-12)9-22-14(19)10-4-2-1-3-5-10/h1-7,12-13H,8-9H2,(H2,16,17,20). The van der Waals surface area contributed by atoms with E-state index < -0.39 is 11.7 Å². The predicted octanol–water partition coefficient (Wildman–Crippen LogP) is 1.27. The summed E-state index contributed by atoms with van der Waals surface area (Å²) >= 11 is 1.40. The van der Waals surface area contributed by atoms with Crippen molar-refractivity contribution in [1.82, 2.24) is 9.55 Å². The van der Waals surface area contributed by atoms with Gasteiger partial charge in [-0.05, 0) is 18.2 Å². The Bertz CT molecular complexity index is 750. The molecule has 1 fully saturated rings. The second-order valence-corrected chi connectivity index (χ2v) is 6.20. The second-order valence-electron chi connectivity index (χ2n) is 4.86. The lowest BCUT2D eigenvalue weighted by molar-refractivity contribution is 0.0273. The van der Waals surface area contributed by atoms with E-state index in [2.05, 4.69) is 4.98 Å². The first kappa shape index (κ1) is 15.6. The van der Waals surface area contributed by atoms with E-state index in [0.717, 1.165) is 0 Å². The first-order valence-electron chi connectivity index (χ1n) is 6.97. The van der Waals surface area contributed by atoms with Crippen molar-refractivity contribution in [2.24, 2.45) is 0 Å². The molecular weight excluding hydrogens is 318 g/mol. The largest absolute Gasteiger partial charge is 0.458 e. The molecule has 7 nitrogen and oxygen atoms in total. The number of carbonyl (C=O) groups excluding carboxylic acids is 1. The molecule has 23 heavy (non-hydrogen) atoms. The van der Waals surface area contributed by atoms with E-state index in [1.807, 2.05) is 6.07 Å². The number of nitrogen functional groups attached to an aromatic ring is 1. The van der Waals surface area contributed by atoms with Gasteiger partial charge in [-0.15, -0.1) is 0 Å². The van der Waals surface area contributed by atoms with Gasteiger partial charge in [-0.2, -0.15) is 4.98 Å². The number of benzene rings is 1. The first-order chi connectivity index (χ1) is 11.1. The summed E-state index contributed by atoms with van der Waals surface area (Å²) in [5.41, 5.74) is 5.22. The Kier molecular flexibility index (Phi) is 4.63. The highest BCUT2D eigenvalue weighted by molar-refractivity contribution is 8.00. The maximum Gasteiger partial charge on any atom is 0.350 e. The molecule has 0 bridgehead atoms. The van der Waals surface area contributed by atoms with Crippen LogP contribution in [-0.2, 0) is 9.47 Å². The van der Waals surface area contributed by atoms with Crippen LogP contribution in [0.3, 0.4) is 0 Å². The lowest BCUT2D eigenvalue weighted by Gasteiger charge is -2.12. The molecule has 1 saturated heterocycles. The van der Waals surface area contributed by atoms with E-state index in [0.29, 0.717) is 12.2 Å². The van der Waals surface area contributed by atoms with Crippen LogP contribution in [-0.4, -0.2) is 34.2 Å². The molecular formula is C15H15N3O4S. The fraction of sp³-hybridized carbons (Fsp3) is 0.267. The van der Waals surface area contributed by atoms with Crippen molar-refractivity contribution >= 4 is 23.5 Å². The van der Waals surface area contributed by atoms with Gasteiger partial charge in [-0.1, -0.05) is 30.0 Å². The number of aromatic nitrogens is 2. The molecule has 1 aliphatic rings. The zero-order valence-electron chi connectivity index (χ0n) is 12.1. The topological polar surface area (TPSA) is 96.4 Å². The van der Waals surface area contributed by atoms with Gasteiger partial charge in [0, 0.05) is 6.20 Å². The Balaban J connectivity index is 1.56. The molecule has 1 aliphatic heterocycles. The van der Waals surface area contributed by atoms with E-state index in [1.165, 1.54) is 16.3 Å². The van der Waals surface area contributed by atoms with Crippen molar-refractivity contribution in [3.63, 3.8) is 0 Å². The van der Waals surface area contributed by atoms with E-state index in [1.54, 1.807) is 36.5 Å². The average Bonchev–Trinajstić information content (AvgIpc) is 3.02. The Hall–Kier alpha value is -2.32. The van der Waals surface area contributed by atoms with Crippen molar-refractivity contribution < 1.29 is 14.3 Å². The molecule has 2 atom stereocenters. The van der Waals surface area contributed by atoms with Crippen LogP contribution in [0.5, 0.6) is 0 Å². The molecule has 1 aromatic heterocycles. The number of rotatable bonds is 4. The van der Waals surface area contributed by atoms with Crippen LogP contribution in [0, 0.1) is 0 Å². The van der Waals surface area contributed by atoms with E-state index in [9.17, 15) is 9.59 Å². The van der Waals surface area contributed by atoms with Gasteiger partial charge in [0.15, 0.2) is 0 Å². The molecule has 0 saturated carbocycles. The van der Waals surface area contributed by atoms with Gasteiger partial charge in [0.2, 0.25) is 0 Å².